The maximum Gasteiger partial charge on any atom is 0.244 e. The summed E-state index contributed by atoms with van der Waals surface area (Å²) in [6.07, 6.45) is 3.06. The number of carbonyl (C=O) groups excluding carboxylic acids is 1. The number of aromatic nitrogens is 1. The summed E-state index contributed by atoms with van der Waals surface area (Å²) in [6, 6.07) is 7.53. The van der Waals surface area contributed by atoms with E-state index in [0.29, 0.717) is 18.4 Å². The molecule has 1 atom stereocenters. The van der Waals surface area contributed by atoms with Gasteiger partial charge in [0.05, 0.1) is 13.2 Å². The lowest BCUT2D eigenvalue weighted by Crippen LogP contribution is -2.41. The van der Waals surface area contributed by atoms with Crippen molar-refractivity contribution in [1.29, 1.82) is 0 Å². The normalized spacial score (nSPS) is 17.4. The molecule has 1 fully saturated rings. The number of hydrogen-bond acceptors (Lipinski definition) is 5. The number of para-hydroxylation sites is 2. The number of amides is 1. The minimum Gasteiger partial charge on any atom is -0.437 e. The van der Waals surface area contributed by atoms with Crippen LogP contribution in [0.15, 0.2) is 34.8 Å². The predicted octanol–water partition coefficient (Wildman–Crippen LogP) is 1.93. The van der Waals surface area contributed by atoms with Gasteiger partial charge >= 0.3 is 0 Å². The SMILES string of the molecule is C[C@H](CNC(=O)/C=C/c1nc2ccccc2o1)CN1CCOCC1. The number of rotatable bonds is 6. The quantitative estimate of drug-likeness (QED) is 0.820. The Labute approximate surface area is 141 Å². The zero-order chi connectivity index (χ0) is 16.8. The highest BCUT2D eigenvalue weighted by molar-refractivity contribution is 5.91. The first-order valence-electron chi connectivity index (χ1n) is 8.32. The van der Waals surface area contributed by atoms with Crippen LogP contribution in [0.3, 0.4) is 0 Å². The van der Waals surface area contributed by atoms with Crippen LogP contribution in [0.5, 0.6) is 0 Å². The Kier molecular flexibility index (Phi) is 5.61. The fraction of sp³-hybridized carbons (Fsp3) is 0.444. The molecule has 128 valence electrons. The average Bonchev–Trinajstić information content (AvgIpc) is 3.02. The number of morpholine rings is 1. The van der Waals surface area contributed by atoms with Gasteiger partial charge < -0.3 is 14.5 Å². The Morgan fingerprint density at radius 1 is 1.38 bits per heavy atom. The smallest absolute Gasteiger partial charge is 0.244 e. The van der Waals surface area contributed by atoms with Gasteiger partial charge in [-0.1, -0.05) is 19.1 Å². The van der Waals surface area contributed by atoms with Gasteiger partial charge in [-0.15, -0.1) is 0 Å². The zero-order valence-electron chi connectivity index (χ0n) is 13.9. The maximum absolute atomic E-state index is 11.9. The molecule has 1 aromatic carbocycles. The summed E-state index contributed by atoms with van der Waals surface area (Å²) in [5, 5.41) is 2.92. The Morgan fingerprint density at radius 2 is 2.17 bits per heavy atom. The van der Waals surface area contributed by atoms with Crippen molar-refractivity contribution in [3.05, 3.63) is 36.2 Å². The molecule has 1 aliphatic rings. The van der Waals surface area contributed by atoms with Gasteiger partial charge in [0, 0.05) is 38.3 Å². The van der Waals surface area contributed by atoms with Gasteiger partial charge in [-0.3, -0.25) is 9.69 Å². The van der Waals surface area contributed by atoms with Crippen molar-refractivity contribution in [2.24, 2.45) is 5.92 Å². The molecule has 1 aliphatic heterocycles. The van der Waals surface area contributed by atoms with E-state index < -0.39 is 0 Å². The minimum absolute atomic E-state index is 0.133. The van der Waals surface area contributed by atoms with Gasteiger partial charge in [-0.2, -0.15) is 0 Å². The molecular formula is C18H23N3O3. The Bertz CT molecular complexity index is 671. The molecule has 0 spiro atoms. The highest BCUT2D eigenvalue weighted by atomic mass is 16.5. The van der Waals surface area contributed by atoms with Gasteiger partial charge in [-0.25, -0.2) is 4.98 Å². The first-order valence-corrected chi connectivity index (χ1v) is 8.32. The van der Waals surface area contributed by atoms with Crippen molar-refractivity contribution in [1.82, 2.24) is 15.2 Å². The monoisotopic (exact) mass is 329 g/mol. The van der Waals surface area contributed by atoms with Gasteiger partial charge in [0.2, 0.25) is 11.8 Å². The molecule has 0 unspecified atom stereocenters. The van der Waals surface area contributed by atoms with E-state index in [1.807, 2.05) is 24.3 Å². The van der Waals surface area contributed by atoms with Gasteiger partial charge in [0.25, 0.3) is 0 Å². The zero-order valence-corrected chi connectivity index (χ0v) is 13.9. The fourth-order valence-electron chi connectivity index (χ4n) is 2.73. The molecule has 0 bridgehead atoms. The van der Waals surface area contributed by atoms with Crippen LogP contribution in [0.4, 0.5) is 0 Å². The van der Waals surface area contributed by atoms with Crippen LogP contribution in [0, 0.1) is 5.92 Å². The van der Waals surface area contributed by atoms with Crippen molar-refractivity contribution in [2.75, 3.05) is 39.4 Å². The number of benzene rings is 1. The number of carbonyl (C=O) groups is 1. The number of nitrogens with one attached hydrogen (secondary N) is 1. The van der Waals surface area contributed by atoms with Crippen LogP contribution >= 0.6 is 0 Å². The van der Waals surface area contributed by atoms with E-state index in [1.54, 1.807) is 6.08 Å². The summed E-state index contributed by atoms with van der Waals surface area (Å²) in [4.78, 5) is 18.6. The fourth-order valence-corrected chi connectivity index (χ4v) is 2.73. The molecular weight excluding hydrogens is 306 g/mol. The first kappa shape index (κ1) is 16.7. The highest BCUT2D eigenvalue weighted by Crippen LogP contribution is 2.15. The lowest BCUT2D eigenvalue weighted by Gasteiger charge is -2.29. The lowest BCUT2D eigenvalue weighted by molar-refractivity contribution is -0.116. The van der Waals surface area contributed by atoms with E-state index in [9.17, 15) is 4.79 Å². The standard InChI is InChI=1S/C18H23N3O3/c1-14(13-21-8-10-23-11-9-21)12-19-17(22)6-7-18-20-15-4-2-3-5-16(15)24-18/h2-7,14H,8-13H2,1H3,(H,19,22)/b7-6+/t14-/m1/s1. The number of nitrogens with zero attached hydrogens (tertiary/aromatic N) is 2. The van der Waals surface area contributed by atoms with Crippen LogP contribution in [0.25, 0.3) is 17.2 Å². The van der Waals surface area contributed by atoms with Crippen molar-refractivity contribution in [2.45, 2.75) is 6.92 Å². The molecule has 24 heavy (non-hydrogen) atoms. The summed E-state index contributed by atoms with van der Waals surface area (Å²) >= 11 is 0. The molecule has 2 aromatic rings. The van der Waals surface area contributed by atoms with Gasteiger partial charge in [0.15, 0.2) is 5.58 Å². The Balaban J connectivity index is 1.44. The van der Waals surface area contributed by atoms with E-state index in [4.69, 9.17) is 9.15 Å². The molecule has 1 N–H and O–H groups in total. The first-order chi connectivity index (χ1) is 11.7. The summed E-state index contributed by atoms with van der Waals surface area (Å²) in [5.41, 5.74) is 1.51. The second-order valence-electron chi connectivity index (χ2n) is 6.12. The van der Waals surface area contributed by atoms with Crippen molar-refractivity contribution in [3.63, 3.8) is 0 Å². The van der Waals surface area contributed by atoms with E-state index in [0.717, 1.165) is 43.9 Å². The number of ether oxygens (including phenoxy) is 1. The third-order valence-electron chi connectivity index (χ3n) is 3.99. The summed E-state index contributed by atoms with van der Waals surface area (Å²) in [7, 11) is 0. The third-order valence-corrected chi connectivity index (χ3v) is 3.99. The minimum atomic E-state index is -0.133. The average molecular weight is 329 g/mol. The van der Waals surface area contributed by atoms with Crippen molar-refractivity contribution in [3.8, 4) is 0 Å². The largest absolute Gasteiger partial charge is 0.437 e. The van der Waals surface area contributed by atoms with Crippen LogP contribution < -0.4 is 5.32 Å². The van der Waals surface area contributed by atoms with E-state index in [1.165, 1.54) is 6.08 Å². The Morgan fingerprint density at radius 3 is 2.96 bits per heavy atom. The number of fused-ring (bicyclic) bond motifs is 1. The predicted molar refractivity (Wildman–Crippen MR) is 92.5 cm³/mol. The van der Waals surface area contributed by atoms with Gasteiger partial charge in [0.1, 0.15) is 5.52 Å². The molecule has 1 amide bonds. The van der Waals surface area contributed by atoms with Crippen LogP contribution in [-0.4, -0.2) is 55.2 Å². The Hall–Kier alpha value is -2.18. The maximum atomic E-state index is 11.9. The molecule has 0 saturated carbocycles. The molecule has 0 aliphatic carbocycles. The van der Waals surface area contributed by atoms with Crippen LogP contribution in [-0.2, 0) is 9.53 Å². The second-order valence-corrected chi connectivity index (χ2v) is 6.12. The number of oxazole rings is 1. The molecule has 1 aromatic heterocycles. The highest BCUT2D eigenvalue weighted by Gasteiger charge is 2.13. The summed E-state index contributed by atoms with van der Waals surface area (Å²) in [5.74, 6) is 0.698. The topological polar surface area (TPSA) is 67.6 Å². The molecule has 1 saturated heterocycles. The molecule has 2 heterocycles. The van der Waals surface area contributed by atoms with Crippen molar-refractivity contribution >= 4 is 23.1 Å². The van der Waals surface area contributed by atoms with E-state index >= 15 is 0 Å². The van der Waals surface area contributed by atoms with Crippen LogP contribution in [0.1, 0.15) is 12.8 Å². The van der Waals surface area contributed by atoms with Gasteiger partial charge in [-0.05, 0) is 18.1 Å². The molecule has 6 heteroatoms. The van der Waals surface area contributed by atoms with Crippen molar-refractivity contribution < 1.29 is 13.9 Å². The second kappa shape index (κ2) is 8.08. The summed E-state index contributed by atoms with van der Waals surface area (Å²) in [6.45, 7) is 7.29. The molecule has 6 nitrogen and oxygen atoms in total. The van der Waals surface area contributed by atoms with E-state index in [-0.39, 0.29) is 5.91 Å². The summed E-state index contributed by atoms with van der Waals surface area (Å²) < 4.78 is 10.9. The van der Waals surface area contributed by atoms with E-state index in [2.05, 4.69) is 22.1 Å². The third kappa shape index (κ3) is 4.66. The molecule has 0 radical (unpaired) electrons. The van der Waals surface area contributed by atoms with Crippen LogP contribution in [0.2, 0.25) is 0 Å². The molecule has 3 rings (SSSR count). The number of hydrogen-bond donors (Lipinski definition) is 1. The lowest BCUT2D eigenvalue weighted by atomic mass is 10.1.